The molecule has 0 bridgehead atoms. The summed E-state index contributed by atoms with van der Waals surface area (Å²) in [5, 5.41) is 2.78. The van der Waals surface area contributed by atoms with Gasteiger partial charge in [0.15, 0.2) is 5.78 Å². The second kappa shape index (κ2) is 6.05. The third-order valence-corrected chi connectivity index (χ3v) is 2.29. The summed E-state index contributed by atoms with van der Waals surface area (Å²) in [6, 6.07) is 7.01. The van der Waals surface area contributed by atoms with Gasteiger partial charge in [-0.1, -0.05) is 13.8 Å². The molecule has 0 fully saturated rings. The van der Waals surface area contributed by atoms with Gasteiger partial charge in [0.1, 0.15) is 0 Å². The van der Waals surface area contributed by atoms with Crippen LogP contribution in [0.5, 0.6) is 0 Å². The van der Waals surface area contributed by atoms with Crippen LogP contribution in [-0.2, 0) is 4.79 Å². The molecule has 1 aromatic carbocycles. The number of carbonyl (C=O) groups is 2. The van der Waals surface area contributed by atoms with Gasteiger partial charge in [0, 0.05) is 24.1 Å². The third-order valence-electron chi connectivity index (χ3n) is 2.29. The Bertz CT molecular complexity index is 368. The molecular weight excluding hydrogens is 202 g/mol. The maximum absolute atomic E-state index is 11.4. The standard InChI is InChI=1S/C13H17NO2/c1-3-5-13(16)14-11-8-6-10(7-9-11)12(15)4-2/h6-9H,3-5H2,1-2H3,(H,14,16). The van der Waals surface area contributed by atoms with E-state index in [1.165, 1.54) is 0 Å². The molecule has 86 valence electrons. The van der Waals surface area contributed by atoms with Crippen molar-refractivity contribution >= 4 is 17.4 Å². The highest BCUT2D eigenvalue weighted by molar-refractivity contribution is 5.97. The zero-order valence-corrected chi connectivity index (χ0v) is 9.75. The predicted molar refractivity (Wildman–Crippen MR) is 64.6 cm³/mol. The first-order chi connectivity index (χ1) is 7.67. The minimum Gasteiger partial charge on any atom is -0.326 e. The molecule has 0 atom stereocenters. The van der Waals surface area contributed by atoms with Gasteiger partial charge in [0.05, 0.1) is 0 Å². The van der Waals surface area contributed by atoms with Crippen molar-refractivity contribution in [2.24, 2.45) is 0 Å². The van der Waals surface area contributed by atoms with Gasteiger partial charge < -0.3 is 5.32 Å². The Morgan fingerprint density at radius 1 is 1.12 bits per heavy atom. The summed E-state index contributed by atoms with van der Waals surface area (Å²) in [6.07, 6.45) is 1.86. The van der Waals surface area contributed by atoms with Gasteiger partial charge >= 0.3 is 0 Å². The van der Waals surface area contributed by atoms with E-state index in [4.69, 9.17) is 0 Å². The minimum atomic E-state index is 0.0112. The summed E-state index contributed by atoms with van der Waals surface area (Å²) < 4.78 is 0. The summed E-state index contributed by atoms with van der Waals surface area (Å²) >= 11 is 0. The second-order valence-corrected chi connectivity index (χ2v) is 3.65. The lowest BCUT2D eigenvalue weighted by molar-refractivity contribution is -0.116. The fourth-order valence-electron chi connectivity index (χ4n) is 1.39. The van der Waals surface area contributed by atoms with Crippen molar-refractivity contribution in [2.45, 2.75) is 33.1 Å². The number of hydrogen-bond acceptors (Lipinski definition) is 2. The lowest BCUT2D eigenvalue weighted by atomic mass is 10.1. The molecule has 1 amide bonds. The van der Waals surface area contributed by atoms with Crippen LogP contribution in [0.1, 0.15) is 43.5 Å². The highest BCUT2D eigenvalue weighted by atomic mass is 16.1. The number of hydrogen-bond donors (Lipinski definition) is 1. The highest BCUT2D eigenvalue weighted by Crippen LogP contribution is 2.11. The Hall–Kier alpha value is -1.64. The molecule has 0 aliphatic carbocycles. The van der Waals surface area contributed by atoms with Crippen molar-refractivity contribution in [3.63, 3.8) is 0 Å². The third kappa shape index (κ3) is 3.50. The molecule has 1 aromatic rings. The number of ketones is 1. The minimum absolute atomic E-state index is 0.0112. The molecule has 0 unspecified atom stereocenters. The van der Waals surface area contributed by atoms with Gasteiger partial charge in [-0.05, 0) is 30.7 Å². The lowest BCUT2D eigenvalue weighted by Crippen LogP contribution is -2.10. The average Bonchev–Trinajstić information content (AvgIpc) is 2.29. The molecule has 0 aromatic heterocycles. The van der Waals surface area contributed by atoms with Crippen LogP contribution in [-0.4, -0.2) is 11.7 Å². The Kier molecular flexibility index (Phi) is 4.70. The van der Waals surface area contributed by atoms with Gasteiger partial charge in [-0.3, -0.25) is 9.59 Å². The quantitative estimate of drug-likeness (QED) is 0.774. The van der Waals surface area contributed by atoms with E-state index in [0.29, 0.717) is 18.4 Å². The smallest absolute Gasteiger partial charge is 0.224 e. The number of rotatable bonds is 5. The molecular formula is C13H17NO2. The first kappa shape index (κ1) is 12.4. The Morgan fingerprint density at radius 2 is 1.75 bits per heavy atom. The summed E-state index contributed by atoms with van der Waals surface area (Å²) in [6.45, 7) is 3.79. The number of amides is 1. The zero-order chi connectivity index (χ0) is 12.0. The van der Waals surface area contributed by atoms with E-state index in [2.05, 4.69) is 5.32 Å². The van der Waals surface area contributed by atoms with Crippen molar-refractivity contribution < 1.29 is 9.59 Å². The number of benzene rings is 1. The van der Waals surface area contributed by atoms with E-state index in [-0.39, 0.29) is 11.7 Å². The fourth-order valence-corrected chi connectivity index (χ4v) is 1.39. The molecule has 0 saturated carbocycles. The van der Waals surface area contributed by atoms with Crippen LogP contribution in [0.3, 0.4) is 0 Å². The lowest BCUT2D eigenvalue weighted by Gasteiger charge is -2.04. The SMILES string of the molecule is CCCC(=O)Nc1ccc(C(=O)CC)cc1. The zero-order valence-electron chi connectivity index (χ0n) is 9.75. The van der Waals surface area contributed by atoms with Crippen LogP contribution in [0.15, 0.2) is 24.3 Å². The van der Waals surface area contributed by atoms with Crippen molar-refractivity contribution in [3.05, 3.63) is 29.8 Å². The first-order valence-electron chi connectivity index (χ1n) is 5.60. The highest BCUT2D eigenvalue weighted by Gasteiger charge is 2.04. The van der Waals surface area contributed by atoms with Gasteiger partial charge in [-0.2, -0.15) is 0 Å². The molecule has 0 saturated heterocycles. The normalized spacial score (nSPS) is 9.88. The Morgan fingerprint density at radius 3 is 2.25 bits per heavy atom. The van der Waals surface area contributed by atoms with Crippen LogP contribution < -0.4 is 5.32 Å². The van der Waals surface area contributed by atoms with Gasteiger partial charge in [-0.25, -0.2) is 0 Å². The Balaban J connectivity index is 2.64. The largest absolute Gasteiger partial charge is 0.326 e. The maximum atomic E-state index is 11.4. The number of nitrogens with one attached hydrogen (secondary N) is 1. The van der Waals surface area contributed by atoms with E-state index in [0.717, 1.165) is 12.1 Å². The van der Waals surface area contributed by atoms with Crippen molar-refractivity contribution in [1.29, 1.82) is 0 Å². The summed E-state index contributed by atoms with van der Waals surface area (Å²) in [7, 11) is 0. The molecule has 0 spiro atoms. The molecule has 0 radical (unpaired) electrons. The fraction of sp³-hybridized carbons (Fsp3) is 0.385. The van der Waals surface area contributed by atoms with Crippen LogP contribution in [0.4, 0.5) is 5.69 Å². The molecule has 0 aliphatic heterocycles. The monoisotopic (exact) mass is 219 g/mol. The van der Waals surface area contributed by atoms with Crippen LogP contribution >= 0.6 is 0 Å². The molecule has 3 heteroatoms. The summed E-state index contributed by atoms with van der Waals surface area (Å²) in [5.41, 5.74) is 1.43. The number of Topliss-reactive ketones (excluding diaryl/α,β-unsaturated/α-hetero) is 1. The summed E-state index contributed by atoms with van der Waals surface area (Å²) in [4.78, 5) is 22.7. The van der Waals surface area contributed by atoms with Crippen LogP contribution in [0, 0.1) is 0 Å². The molecule has 0 heterocycles. The number of anilines is 1. The van der Waals surface area contributed by atoms with Gasteiger partial charge in [0.25, 0.3) is 0 Å². The molecule has 1 rings (SSSR count). The van der Waals surface area contributed by atoms with Crippen molar-refractivity contribution in [2.75, 3.05) is 5.32 Å². The first-order valence-corrected chi connectivity index (χ1v) is 5.60. The van der Waals surface area contributed by atoms with E-state index < -0.39 is 0 Å². The number of carbonyl (C=O) groups excluding carboxylic acids is 2. The van der Waals surface area contributed by atoms with Crippen molar-refractivity contribution in [3.8, 4) is 0 Å². The maximum Gasteiger partial charge on any atom is 0.224 e. The molecule has 1 N–H and O–H groups in total. The topological polar surface area (TPSA) is 46.2 Å². The van der Waals surface area contributed by atoms with Crippen LogP contribution in [0.25, 0.3) is 0 Å². The average molecular weight is 219 g/mol. The predicted octanol–water partition coefficient (Wildman–Crippen LogP) is 3.02. The molecule has 0 aliphatic rings. The van der Waals surface area contributed by atoms with E-state index in [9.17, 15) is 9.59 Å². The van der Waals surface area contributed by atoms with E-state index >= 15 is 0 Å². The van der Waals surface area contributed by atoms with Crippen molar-refractivity contribution in [1.82, 2.24) is 0 Å². The molecule has 16 heavy (non-hydrogen) atoms. The summed E-state index contributed by atoms with van der Waals surface area (Å²) in [5.74, 6) is 0.128. The van der Waals surface area contributed by atoms with Gasteiger partial charge in [0.2, 0.25) is 5.91 Å². The molecule has 3 nitrogen and oxygen atoms in total. The van der Waals surface area contributed by atoms with Crippen LogP contribution in [0.2, 0.25) is 0 Å². The van der Waals surface area contributed by atoms with E-state index in [1.807, 2.05) is 13.8 Å². The Labute approximate surface area is 95.9 Å². The van der Waals surface area contributed by atoms with Gasteiger partial charge in [-0.15, -0.1) is 0 Å². The van der Waals surface area contributed by atoms with E-state index in [1.54, 1.807) is 24.3 Å². The second-order valence-electron chi connectivity index (χ2n) is 3.65.